The summed E-state index contributed by atoms with van der Waals surface area (Å²) in [4.78, 5) is 12.2. The Labute approximate surface area is 119 Å². The number of rotatable bonds is 2. The molecule has 5 heteroatoms. The summed E-state index contributed by atoms with van der Waals surface area (Å²) in [5.41, 5.74) is 0.200. The summed E-state index contributed by atoms with van der Waals surface area (Å²) in [7, 11) is 0. The maximum Gasteiger partial charge on any atom is 0.196 e. The van der Waals surface area contributed by atoms with Crippen LogP contribution < -0.4 is 0 Å². The van der Waals surface area contributed by atoms with Crippen LogP contribution in [-0.4, -0.2) is 5.78 Å². The summed E-state index contributed by atoms with van der Waals surface area (Å²) in [6.45, 7) is 3.00. The number of aryl methyl sites for hydroxylation is 2. The summed E-state index contributed by atoms with van der Waals surface area (Å²) < 4.78 is 40.6. The zero-order valence-electron chi connectivity index (χ0n) is 10.7. The Morgan fingerprint density at radius 1 is 0.950 bits per heavy atom. The van der Waals surface area contributed by atoms with Gasteiger partial charge in [0.25, 0.3) is 0 Å². The lowest BCUT2D eigenvalue weighted by molar-refractivity contribution is 0.103. The molecule has 1 nitrogen and oxygen atoms in total. The van der Waals surface area contributed by atoms with Gasteiger partial charge in [0.1, 0.15) is 17.5 Å². The minimum atomic E-state index is -0.916. The van der Waals surface area contributed by atoms with E-state index in [9.17, 15) is 18.0 Å². The van der Waals surface area contributed by atoms with Crippen LogP contribution >= 0.6 is 11.6 Å². The lowest BCUT2D eigenvalue weighted by atomic mass is 9.98. The predicted octanol–water partition coefficient (Wildman–Crippen LogP) is 4.61. The largest absolute Gasteiger partial charge is 0.288 e. The van der Waals surface area contributed by atoms with E-state index in [0.29, 0.717) is 0 Å². The van der Waals surface area contributed by atoms with Crippen LogP contribution in [0.1, 0.15) is 27.0 Å². The molecular formula is C15H10ClF3O. The normalized spacial score (nSPS) is 10.7. The quantitative estimate of drug-likeness (QED) is 0.585. The number of halogens is 4. The summed E-state index contributed by atoms with van der Waals surface area (Å²) in [5.74, 6) is -2.94. The van der Waals surface area contributed by atoms with Gasteiger partial charge in [-0.25, -0.2) is 13.2 Å². The lowest BCUT2D eigenvalue weighted by Gasteiger charge is -2.08. The molecule has 0 aromatic heterocycles. The molecule has 0 aliphatic carbocycles. The highest BCUT2D eigenvalue weighted by atomic mass is 35.5. The van der Waals surface area contributed by atoms with Crippen molar-refractivity contribution >= 4 is 17.4 Å². The van der Waals surface area contributed by atoms with E-state index in [1.807, 2.05) is 0 Å². The SMILES string of the molecule is Cc1cc(C(=O)c2cc(F)c(Cl)cc2F)cc(C)c1F. The second-order valence-electron chi connectivity index (χ2n) is 4.50. The summed E-state index contributed by atoms with van der Waals surface area (Å²) in [5, 5.41) is -0.398. The summed E-state index contributed by atoms with van der Waals surface area (Å²) in [6.07, 6.45) is 0. The van der Waals surface area contributed by atoms with Gasteiger partial charge in [-0.1, -0.05) is 11.6 Å². The smallest absolute Gasteiger partial charge is 0.196 e. The van der Waals surface area contributed by atoms with E-state index < -0.39 is 33.8 Å². The average Bonchev–Trinajstić information content (AvgIpc) is 2.38. The zero-order chi connectivity index (χ0) is 15.0. The van der Waals surface area contributed by atoms with Gasteiger partial charge in [-0.05, 0) is 49.2 Å². The second-order valence-corrected chi connectivity index (χ2v) is 4.91. The van der Waals surface area contributed by atoms with Gasteiger partial charge < -0.3 is 0 Å². The highest BCUT2D eigenvalue weighted by molar-refractivity contribution is 6.30. The van der Waals surface area contributed by atoms with Crippen molar-refractivity contribution in [2.75, 3.05) is 0 Å². The Bertz CT molecular complexity index is 688. The molecule has 0 spiro atoms. The molecule has 0 atom stereocenters. The van der Waals surface area contributed by atoms with Gasteiger partial charge in [-0.15, -0.1) is 0 Å². The molecule has 0 unspecified atom stereocenters. The molecule has 104 valence electrons. The van der Waals surface area contributed by atoms with Crippen molar-refractivity contribution < 1.29 is 18.0 Å². The van der Waals surface area contributed by atoms with E-state index in [1.165, 1.54) is 26.0 Å². The lowest BCUT2D eigenvalue weighted by Crippen LogP contribution is -2.07. The molecule has 0 aliphatic heterocycles. The molecule has 20 heavy (non-hydrogen) atoms. The molecule has 0 heterocycles. The van der Waals surface area contributed by atoms with Gasteiger partial charge >= 0.3 is 0 Å². The van der Waals surface area contributed by atoms with E-state index >= 15 is 0 Å². The maximum atomic E-state index is 13.7. The minimum Gasteiger partial charge on any atom is -0.288 e. The van der Waals surface area contributed by atoms with Crippen molar-refractivity contribution in [2.45, 2.75) is 13.8 Å². The molecule has 0 fully saturated rings. The monoisotopic (exact) mass is 298 g/mol. The summed E-state index contributed by atoms with van der Waals surface area (Å²) >= 11 is 5.43. The van der Waals surface area contributed by atoms with Crippen molar-refractivity contribution in [1.29, 1.82) is 0 Å². The van der Waals surface area contributed by atoms with Gasteiger partial charge in [0.05, 0.1) is 10.6 Å². The Kier molecular flexibility index (Phi) is 3.86. The van der Waals surface area contributed by atoms with Crippen LogP contribution in [0.25, 0.3) is 0 Å². The van der Waals surface area contributed by atoms with Crippen molar-refractivity contribution in [3.63, 3.8) is 0 Å². The molecule has 0 radical (unpaired) electrons. The first kappa shape index (κ1) is 14.6. The fourth-order valence-electron chi connectivity index (χ4n) is 1.93. The fourth-order valence-corrected chi connectivity index (χ4v) is 2.08. The van der Waals surface area contributed by atoms with Crippen LogP contribution in [0, 0.1) is 31.3 Å². The molecule has 0 saturated carbocycles. The molecule has 0 amide bonds. The molecule has 0 bridgehead atoms. The Hall–Kier alpha value is -1.81. The average molecular weight is 299 g/mol. The first-order valence-electron chi connectivity index (χ1n) is 5.77. The third-order valence-corrected chi connectivity index (χ3v) is 3.24. The van der Waals surface area contributed by atoms with Gasteiger partial charge in [0.2, 0.25) is 0 Å². The van der Waals surface area contributed by atoms with Crippen molar-refractivity contribution in [3.8, 4) is 0 Å². The third-order valence-electron chi connectivity index (χ3n) is 2.95. The van der Waals surface area contributed by atoms with Crippen LogP contribution in [0.2, 0.25) is 5.02 Å². The van der Waals surface area contributed by atoms with Gasteiger partial charge in [0.15, 0.2) is 5.78 Å². The van der Waals surface area contributed by atoms with E-state index in [2.05, 4.69) is 0 Å². The van der Waals surface area contributed by atoms with E-state index in [4.69, 9.17) is 11.6 Å². The Balaban J connectivity index is 2.55. The molecule has 2 aromatic carbocycles. The van der Waals surface area contributed by atoms with Gasteiger partial charge in [0, 0.05) is 5.56 Å². The number of benzene rings is 2. The number of hydrogen-bond donors (Lipinski definition) is 0. The van der Waals surface area contributed by atoms with Crippen LogP contribution in [0.5, 0.6) is 0 Å². The van der Waals surface area contributed by atoms with Crippen LogP contribution in [-0.2, 0) is 0 Å². The number of carbonyl (C=O) groups excluding carboxylic acids is 1. The van der Waals surface area contributed by atoms with Crippen molar-refractivity contribution in [1.82, 2.24) is 0 Å². The second kappa shape index (κ2) is 5.29. The Morgan fingerprint density at radius 2 is 1.50 bits per heavy atom. The standard InChI is InChI=1S/C15H10ClF3O/c1-7-3-9(4-8(2)14(7)19)15(20)10-5-13(18)11(16)6-12(10)17/h3-6H,1-2H3. The fraction of sp³-hybridized carbons (Fsp3) is 0.133. The highest BCUT2D eigenvalue weighted by Gasteiger charge is 2.18. The van der Waals surface area contributed by atoms with E-state index in [1.54, 1.807) is 0 Å². The van der Waals surface area contributed by atoms with Gasteiger partial charge in [-0.2, -0.15) is 0 Å². The van der Waals surface area contributed by atoms with E-state index in [-0.39, 0.29) is 16.7 Å². The molecule has 0 aliphatic rings. The third kappa shape index (κ3) is 2.56. The van der Waals surface area contributed by atoms with Gasteiger partial charge in [-0.3, -0.25) is 4.79 Å². The van der Waals surface area contributed by atoms with E-state index in [0.717, 1.165) is 12.1 Å². The predicted molar refractivity (Wildman–Crippen MR) is 70.7 cm³/mol. The first-order valence-corrected chi connectivity index (χ1v) is 6.15. The molecular weight excluding hydrogens is 289 g/mol. The molecule has 2 aromatic rings. The topological polar surface area (TPSA) is 17.1 Å². The molecule has 2 rings (SSSR count). The van der Waals surface area contributed by atoms with Crippen LogP contribution in [0.3, 0.4) is 0 Å². The molecule has 0 N–H and O–H groups in total. The van der Waals surface area contributed by atoms with Crippen LogP contribution in [0.4, 0.5) is 13.2 Å². The molecule has 0 saturated heterocycles. The van der Waals surface area contributed by atoms with Crippen molar-refractivity contribution in [2.24, 2.45) is 0 Å². The zero-order valence-corrected chi connectivity index (χ0v) is 11.5. The van der Waals surface area contributed by atoms with Crippen molar-refractivity contribution in [3.05, 3.63) is 69.0 Å². The van der Waals surface area contributed by atoms with Crippen LogP contribution in [0.15, 0.2) is 24.3 Å². The minimum absolute atomic E-state index is 0.0991. The Morgan fingerprint density at radius 3 is 2.05 bits per heavy atom. The highest BCUT2D eigenvalue weighted by Crippen LogP contribution is 2.23. The number of carbonyl (C=O) groups is 1. The summed E-state index contributed by atoms with van der Waals surface area (Å²) in [6, 6.07) is 4.09. The first-order chi connectivity index (χ1) is 9.31. The number of ketones is 1. The maximum absolute atomic E-state index is 13.7. The number of hydrogen-bond acceptors (Lipinski definition) is 1.